The molecule has 0 aliphatic heterocycles. The van der Waals surface area contributed by atoms with Crippen LogP contribution >= 0.6 is 11.3 Å². The number of nitrogens with one attached hydrogen (secondary N) is 1. The number of hydrogen-bond acceptors (Lipinski definition) is 4. The van der Waals surface area contributed by atoms with Crippen LogP contribution in [0.25, 0.3) is 0 Å². The van der Waals surface area contributed by atoms with Gasteiger partial charge in [-0.1, -0.05) is 11.3 Å². The predicted octanol–water partition coefficient (Wildman–Crippen LogP) is 3.36. The van der Waals surface area contributed by atoms with Crippen LogP contribution in [0.4, 0.5) is 27.1 Å². The van der Waals surface area contributed by atoms with Gasteiger partial charge in [-0.15, -0.1) is 10.2 Å². The van der Waals surface area contributed by atoms with Crippen molar-refractivity contribution in [3.63, 3.8) is 0 Å². The standard InChI is InChI=1S/C12H6F5N3OS/c13-5-4(6(14)8(16)9(17)7(5)15)10(21)18-12-20-19-11(22-12)3-1-2-3/h3H,1-2H2,(H,18,20,21). The largest absolute Gasteiger partial charge is 0.296 e. The minimum absolute atomic E-state index is 0.0733. The van der Waals surface area contributed by atoms with Crippen LogP contribution in [-0.4, -0.2) is 16.1 Å². The Labute approximate surface area is 124 Å². The molecule has 0 radical (unpaired) electrons. The minimum Gasteiger partial charge on any atom is -0.296 e. The molecular weight excluding hydrogens is 329 g/mol. The minimum atomic E-state index is -2.32. The van der Waals surface area contributed by atoms with E-state index in [1.807, 2.05) is 5.32 Å². The number of carbonyl (C=O) groups excluding carboxylic acids is 1. The molecule has 2 aromatic rings. The zero-order valence-corrected chi connectivity index (χ0v) is 11.4. The summed E-state index contributed by atoms with van der Waals surface area (Å²) < 4.78 is 66.0. The molecule has 116 valence electrons. The lowest BCUT2D eigenvalue weighted by atomic mass is 10.1. The number of benzene rings is 1. The third-order valence-corrected chi connectivity index (χ3v) is 4.03. The molecule has 22 heavy (non-hydrogen) atoms. The second-order valence-corrected chi connectivity index (χ2v) is 5.63. The average molecular weight is 335 g/mol. The number of halogens is 5. The fourth-order valence-corrected chi connectivity index (χ4v) is 2.65. The van der Waals surface area contributed by atoms with Gasteiger partial charge >= 0.3 is 0 Å². The van der Waals surface area contributed by atoms with Crippen molar-refractivity contribution < 1.29 is 26.7 Å². The van der Waals surface area contributed by atoms with E-state index in [4.69, 9.17) is 0 Å². The fraction of sp³-hybridized carbons (Fsp3) is 0.250. The number of rotatable bonds is 3. The topological polar surface area (TPSA) is 54.9 Å². The lowest BCUT2D eigenvalue weighted by Gasteiger charge is -2.07. The maximum atomic E-state index is 13.5. The van der Waals surface area contributed by atoms with E-state index >= 15 is 0 Å². The summed E-state index contributed by atoms with van der Waals surface area (Å²) in [5, 5.41) is 9.93. The molecule has 1 amide bonds. The molecule has 0 bridgehead atoms. The van der Waals surface area contributed by atoms with Crippen LogP contribution in [0.2, 0.25) is 0 Å². The molecule has 0 spiro atoms. The van der Waals surface area contributed by atoms with E-state index in [9.17, 15) is 26.7 Å². The molecule has 1 aromatic heterocycles. The third kappa shape index (κ3) is 2.43. The van der Waals surface area contributed by atoms with Gasteiger partial charge in [-0.2, -0.15) is 0 Å². The molecule has 1 heterocycles. The van der Waals surface area contributed by atoms with E-state index in [1.165, 1.54) is 0 Å². The van der Waals surface area contributed by atoms with Crippen molar-refractivity contribution in [2.75, 3.05) is 5.32 Å². The van der Waals surface area contributed by atoms with Crippen LogP contribution in [0.15, 0.2) is 0 Å². The summed E-state index contributed by atoms with van der Waals surface area (Å²) in [6.45, 7) is 0. The number of hydrogen-bond donors (Lipinski definition) is 1. The van der Waals surface area contributed by atoms with Gasteiger partial charge in [-0.25, -0.2) is 22.0 Å². The Morgan fingerprint density at radius 2 is 1.50 bits per heavy atom. The van der Waals surface area contributed by atoms with Gasteiger partial charge in [0, 0.05) is 5.92 Å². The van der Waals surface area contributed by atoms with Gasteiger partial charge in [0.2, 0.25) is 10.9 Å². The highest BCUT2D eigenvalue weighted by Gasteiger charge is 2.31. The third-order valence-electron chi connectivity index (χ3n) is 3.02. The fourth-order valence-electron chi connectivity index (χ4n) is 1.74. The first kappa shape index (κ1) is 14.8. The van der Waals surface area contributed by atoms with Crippen molar-refractivity contribution >= 4 is 22.4 Å². The first-order chi connectivity index (χ1) is 10.4. The molecule has 1 aromatic carbocycles. The average Bonchev–Trinajstić information content (AvgIpc) is 3.24. The molecule has 1 aliphatic rings. The van der Waals surface area contributed by atoms with Gasteiger partial charge in [0.25, 0.3) is 5.91 Å². The van der Waals surface area contributed by atoms with Crippen LogP contribution < -0.4 is 5.32 Å². The van der Waals surface area contributed by atoms with E-state index in [2.05, 4.69) is 10.2 Å². The van der Waals surface area contributed by atoms with Crippen molar-refractivity contribution in [2.45, 2.75) is 18.8 Å². The van der Waals surface area contributed by atoms with Crippen LogP contribution in [-0.2, 0) is 0 Å². The second-order valence-electron chi connectivity index (χ2n) is 4.62. The first-order valence-corrected chi connectivity index (χ1v) is 6.88. The summed E-state index contributed by atoms with van der Waals surface area (Å²) in [7, 11) is 0. The molecule has 4 nitrogen and oxygen atoms in total. The Balaban J connectivity index is 1.91. The molecule has 1 N–H and O–H groups in total. The van der Waals surface area contributed by atoms with Crippen molar-refractivity contribution in [3.8, 4) is 0 Å². The molecular formula is C12H6F5N3OS. The Kier molecular flexibility index (Phi) is 3.55. The van der Waals surface area contributed by atoms with E-state index in [0.717, 1.165) is 24.2 Å². The Morgan fingerprint density at radius 3 is 2.05 bits per heavy atom. The number of nitrogens with zero attached hydrogens (tertiary/aromatic N) is 2. The quantitative estimate of drug-likeness (QED) is 0.532. The lowest BCUT2D eigenvalue weighted by molar-refractivity contribution is 0.101. The summed E-state index contributed by atoms with van der Waals surface area (Å²) in [6.07, 6.45) is 1.86. The molecule has 3 rings (SSSR count). The number of anilines is 1. The van der Waals surface area contributed by atoms with E-state index in [1.54, 1.807) is 0 Å². The van der Waals surface area contributed by atoms with Crippen LogP contribution in [0, 0.1) is 29.1 Å². The van der Waals surface area contributed by atoms with Gasteiger partial charge in [0.15, 0.2) is 23.3 Å². The van der Waals surface area contributed by atoms with Crippen molar-refractivity contribution in [3.05, 3.63) is 39.7 Å². The number of carbonyl (C=O) groups is 1. The van der Waals surface area contributed by atoms with E-state index in [-0.39, 0.29) is 11.0 Å². The van der Waals surface area contributed by atoms with Crippen molar-refractivity contribution in [2.24, 2.45) is 0 Å². The van der Waals surface area contributed by atoms with Gasteiger partial charge in [0.05, 0.1) is 0 Å². The Hall–Kier alpha value is -2.10. The molecule has 10 heteroatoms. The van der Waals surface area contributed by atoms with Crippen LogP contribution in [0.1, 0.15) is 34.1 Å². The predicted molar refractivity (Wildman–Crippen MR) is 66.1 cm³/mol. The van der Waals surface area contributed by atoms with Crippen LogP contribution in [0.5, 0.6) is 0 Å². The normalized spacial score (nSPS) is 14.2. The molecule has 1 aliphatic carbocycles. The highest BCUT2D eigenvalue weighted by Crippen LogP contribution is 2.42. The van der Waals surface area contributed by atoms with Crippen molar-refractivity contribution in [1.82, 2.24) is 10.2 Å². The maximum Gasteiger partial charge on any atom is 0.263 e. The van der Waals surface area contributed by atoms with Gasteiger partial charge in [0.1, 0.15) is 10.6 Å². The SMILES string of the molecule is O=C(Nc1nnc(C2CC2)s1)c1c(F)c(F)c(F)c(F)c1F. The Morgan fingerprint density at radius 1 is 0.955 bits per heavy atom. The van der Waals surface area contributed by atoms with Crippen LogP contribution in [0.3, 0.4) is 0 Å². The molecule has 1 fully saturated rings. The monoisotopic (exact) mass is 335 g/mol. The molecule has 0 atom stereocenters. The smallest absolute Gasteiger partial charge is 0.263 e. The summed E-state index contributed by atoms with van der Waals surface area (Å²) >= 11 is 0.989. The lowest BCUT2D eigenvalue weighted by Crippen LogP contribution is -2.19. The second kappa shape index (κ2) is 5.27. The maximum absolute atomic E-state index is 13.5. The summed E-state index contributed by atoms with van der Waals surface area (Å²) in [6, 6.07) is 0. The Bertz CT molecular complexity index is 745. The highest BCUT2D eigenvalue weighted by atomic mass is 32.1. The summed E-state index contributed by atoms with van der Waals surface area (Å²) in [5.41, 5.74) is -1.56. The highest BCUT2D eigenvalue weighted by molar-refractivity contribution is 7.15. The summed E-state index contributed by atoms with van der Waals surface area (Å²) in [5.74, 6) is -12.3. The number of amides is 1. The van der Waals surface area contributed by atoms with Crippen molar-refractivity contribution in [1.29, 1.82) is 0 Å². The zero-order chi connectivity index (χ0) is 16.0. The first-order valence-electron chi connectivity index (χ1n) is 6.06. The molecule has 1 saturated carbocycles. The van der Waals surface area contributed by atoms with Gasteiger partial charge in [-0.3, -0.25) is 10.1 Å². The molecule has 0 saturated heterocycles. The van der Waals surface area contributed by atoms with Gasteiger partial charge < -0.3 is 0 Å². The van der Waals surface area contributed by atoms with Gasteiger partial charge in [-0.05, 0) is 12.8 Å². The van der Waals surface area contributed by atoms with E-state index in [0.29, 0.717) is 5.01 Å². The zero-order valence-electron chi connectivity index (χ0n) is 10.6. The molecule has 0 unspecified atom stereocenters. The van der Waals surface area contributed by atoms with E-state index < -0.39 is 40.6 Å². The summed E-state index contributed by atoms with van der Waals surface area (Å²) in [4.78, 5) is 11.8. The number of aromatic nitrogens is 2.